The van der Waals surface area contributed by atoms with Crippen LogP contribution < -0.4 is 10.2 Å². The van der Waals surface area contributed by atoms with Crippen LogP contribution in [0, 0.1) is 5.92 Å². The second kappa shape index (κ2) is 7.76. The first-order chi connectivity index (χ1) is 12.4. The number of anilines is 1. The number of carbonyl (C=O) groups is 2. The van der Waals surface area contributed by atoms with Gasteiger partial charge in [-0.05, 0) is 30.5 Å². The summed E-state index contributed by atoms with van der Waals surface area (Å²) < 4.78 is 0. The molecule has 1 aromatic rings. The summed E-state index contributed by atoms with van der Waals surface area (Å²) >= 11 is 0. The summed E-state index contributed by atoms with van der Waals surface area (Å²) in [6.07, 6.45) is 4.82. The molecule has 1 fully saturated rings. The Morgan fingerprint density at radius 3 is 2.92 bits per heavy atom. The maximum Gasteiger partial charge on any atom is 0.303 e. The number of likely N-dealkylation sites (N-methyl/N-ethyl adjacent to an activating group) is 1. The van der Waals surface area contributed by atoms with Crippen LogP contribution in [0.4, 0.5) is 5.82 Å². The first-order valence-electron chi connectivity index (χ1n) is 9.07. The Balaban J connectivity index is 1.71. The number of carbonyl (C=O) groups excluding carboxylic acids is 1. The average molecular weight is 358 g/mol. The lowest BCUT2D eigenvalue weighted by Crippen LogP contribution is -2.50. The minimum atomic E-state index is -0.945. The molecule has 2 aliphatic heterocycles. The van der Waals surface area contributed by atoms with E-state index in [4.69, 9.17) is 5.11 Å². The highest BCUT2D eigenvalue weighted by molar-refractivity contribution is 5.81. The van der Waals surface area contributed by atoms with Gasteiger partial charge in [0.05, 0.1) is 6.42 Å². The standard InChI is InChI=1S/C19H26N4O3/c1-13-10-14(21-17(24)5-6-18(25)26)12-23(11-13)16-7-9-22(2)19-15(16)4-3-8-20-19/h3-4,7-8,13-14H,5-6,9-12H2,1-2H3,(H,21,24)(H,25,26)/t13-,14+/m0/s1. The first kappa shape index (κ1) is 18.2. The van der Waals surface area contributed by atoms with Crippen LogP contribution >= 0.6 is 0 Å². The van der Waals surface area contributed by atoms with Crippen LogP contribution in [0.15, 0.2) is 24.4 Å². The van der Waals surface area contributed by atoms with E-state index >= 15 is 0 Å². The number of carboxylic acids is 1. The molecule has 7 heteroatoms. The molecule has 1 aromatic heterocycles. The van der Waals surface area contributed by atoms with Gasteiger partial charge in [-0.2, -0.15) is 0 Å². The number of likely N-dealkylation sites (tertiary alicyclic amines) is 1. The smallest absolute Gasteiger partial charge is 0.303 e. The molecule has 0 unspecified atom stereocenters. The number of aromatic nitrogens is 1. The van der Waals surface area contributed by atoms with Gasteiger partial charge in [-0.3, -0.25) is 9.59 Å². The largest absolute Gasteiger partial charge is 0.481 e. The summed E-state index contributed by atoms with van der Waals surface area (Å²) in [7, 11) is 2.03. The molecule has 0 saturated carbocycles. The molecule has 0 aromatic carbocycles. The van der Waals surface area contributed by atoms with Gasteiger partial charge in [-0.25, -0.2) is 4.98 Å². The molecule has 0 aliphatic carbocycles. The lowest BCUT2D eigenvalue weighted by atomic mass is 9.93. The first-order valence-corrected chi connectivity index (χ1v) is 9.07. The third-order valence-electron chi connectivity index (χ3n) is 4.91. The van der Waals surface area contributed by atoms with Gasteiger partial charge in [0.25, 0.3) is 0 Å². The van der Waals surface area contributed by atoms with E-state index < -0.39 is 5.97 Å². The molecule has 3 heterocycles. The summed E-state index contributed by atoms with van der Waals surface area (Å²) in [6.45, 7) is 4.65. The zero-order valence-corrected chi connectivity index (χ0v) is 15.3. The molecule has 140 valence electrons. The maximum absolute atomic E-state index is 12.0. The number of aliphatic carboxylic acids is 1. The van der Waals surface area contributed by atoms with Crippen molar-refractivity contribution in [2.45, 2.75) is 32.2 Å². The molecule has 1 amide bonds. The minimum absolute atomic E-state index is 0.0282. The van der Waals surface area contributed by atoms with Crippen molar-refractivity contribution in [3.63, 3.8) is 0 Å². The van der Waals surface area contributed by atoms with Gasteiger partial charge in [0, 0.05) is 56.6 Å². The van der Waals surface area contributed by atoms with Crippen LogP contribution in [0.3, 0.4) is 0 Å². The van der Waals surface area contributed by atoms with Gasteiger partial charge in [-0.1, -0.05) is 6.92 Å². The molecule has 7 nitrogen and oxygen atoms in total. The van der Waals surface area contributed by atoms with Crippen LogP contribution in [-0.2, 0) is 9.59 Å². The third kappa shape index (κ3) is 4.15. The van der Waals surface area contributed by atoms with E-state index in [-0.39, 0.29) is 24.8 Å². The molecule has 0 spiro atoms. The topological polar surface area (TPSA) is 85.8 Å². The van der Waals surface area contributed by atoms with E-state index in [0.29, 0.717) is 5.92 Å². The predicted octanol–water partition coefficient (Wildman–Crippen LogP) is 1.56. The monoisotopic (exact) mass is 358 g/mol. The number of hydrogen-bond acceptors (Lipinski definition) is 5. The highest BCUT2D eigenvalue weighted by Crippen LogP contribution is 2.33. The van der Waals surface area contributed by atoms with Gasteiger partial charge in [0.2, 0.25) is 5.91 Å². The zero-order chi connectivity index (χ0) is 18.7. The number of carboxylic acid groups (broad SMARTS) is 1. The van der Waals surface area contributed by atoms with E-state index in [9.17, 15) is 9.59 Å². The highest BCUT2D eigenvalue weighted by Gasteiger charge is 2.30. The van der Waals surface area contributed by atoms with Crippen molar-refractivity contribution in [2.24, 2.45) is 5.92 Å². The van der Waals surface area contributed by atoms with E-state index in [0.717, 1.165) is 37.4 Å². The van der Waals surface area contributed by atoms with Gasteiger partial charge < -0.3 is 20.2 Å². The van der Waals surface area contributed by atoms with Crippen molar-refractivity contribution >= 4 is 23.4 Å². The van der Waals surface area contributed by atoms with E-state index in [2.05, 4.69) is 39.2 Å². The van der Waals surface area contributed by atoms with Crippen molar-refractivity contribution in [3.8, 4) is 0 Å². The highest BCUT2D eigenvalue weighted by atomic mass is 16.4. The second-order valence-electron chi connectivity index (χ2n) is 7.25. The molecule has 26 heavy (non-hydrogen) atoms. The molecule has 3 rings (SSSR count). The summed E-state index contributed by atoms with van der Waals surface area (Å²) in [5.41, 5.74) is 2.29. The van der Waals surface area contributed by atoms with Crippen LogP contribution in [0.2, 0.25) is 0 Å². The molecule has 2 N–H and O–H groups in total. The van der Waals surface area contributed by atoms with Crippen molar-refractivity contribution in [1.29, 1.82) is 0 Å². The third-order valence-corrected chi connectivity index (χ3v) is 4.91. The van der Waals surface area contributed by atoms with Gasteiger partial charge in [0.15, 0.2) is 0 Å². The molecule has 0 radical (unpaired) electrons. The van der Waals surface area contributed by atoms with E-state index in [1.54, 1.807) is 0 Å². The van der Waals surface area contributed by atoms with Gasteiger partial charge in [0.1, 0.15) is 5.82 Å². The Morgan fingerprint density at radius 2 is 2.15 bits per heavy atom. The van der Waals surface area contributed by atoms with Gasteiger partial charge >= 0.3 is 5.97 Å². The molecular formula is C19H26N4O3. The Bertz CT molecular complexity index is 718. The quantitative estimate of drug-likeness (QED) is 0.831. The van der Waals surface area contributed by atoms with Gasteiger partial charge in [-0.15, -0.1) is 0 Å². The van der Waals surface area contributed by atoms with Crippen LogP contribution in [-0.4, -0.2) is 59.6 Å². The summed E-state index contributed by atoms with van der Waals surface area (Å²) in [6, 6.07) is 4.06. The Morgan fingerprint density at radius 1 is 1.35 bits per heavy atom. The summed E-state index contributed by atoms with van der Waals surface area (Å²) in [4.78, 5) is 31.6. The number of amides is 1. The maximum atomic E-state index is 12.0. The van der Waals surface area contributed by atoms with Crippen molar-refractivity contribution < 1.29 is 14.7 Å². The van der Waals surface area contributed by atoms with E-state index in [1.807, 2.05) is 19.3 Å². The molecule has 2 aliphatic rings. The molecular weight excluding hydrogens is 332 g/mol. The molecule has 0 bridgehead atoms. The Kier molecular flexibility index (Phi) is 5.44. The molecule has 2 atom stereocenters. The van der Waals surface area contributed by atoms with Crippen molar-refractivity contribution in [2.75, 3.05) is 31.6 Å². The van der Waals surface area contributed by atoms with Crippen molar-refractivity contribution in [3.05, 3.63) is 30.0 Å². The Hall–Kier alpha value is -2.57. The number of nitrogens with one attached hydrogen (secondary N) is 1. The SMILES string of the molecule is C[C@H]1C[C@@H](NC(=O)CCC(=O)O)CN(C2=CCN(C)c3ncccc32)C1. The molecule has 1 saturated heterocycles. The number of nitrogens with zero attached hydrogens (tertiary/aromatic N) is 3. The number of hydrogen-bond donors (Lipinski definition) is 2. The fourth-order valence-corrected chi connectivity index (χ4v) is 3.79. The minimum Gasteiger partial charge on any atom is -0.481 e. The fraction of sp³-hybridized carbons (Fsp3) is 0.526. The number of pyridine rings is 1. The lowest BCUT2D eigenvalue weighted by Gasteiger charge is -2.41. The number of fused-ring (bicyclic) bond motifs is 1. The number of rotatable bonds is 5. The predicted molar refractivity (Wildman–Crippen MR) is 99.6 cm³/mol. The summed E-state index contributed by atoms with van der Waals surface area (Å²) in [5, 5.41) is 11.7. The van der Waals surface area contributed by atoms with Crippen LogP contribution in [0.5, 0.6) is 0 Å². The van der Waals surface area contributed by atoms with E-state index in [1.165, 1.54) is 5.70 Å². The zero-order valence-electron chi connectivity index (χ0n) is 15.3. The summed E-state index contributed by atoms with van der Waals surface area (Å²) in [5.74, 6) is 0.282. The lowest BCUT2D eigenvalue weighted by molar-refractivity contribution is -0.139. The second-order valence-corrected chi connectivity index (χ2v) is 7.25. The van der Waals surface area contributed by atoms with Crippen molar-refractivity contribution in [1.82, 2.24) is 15.2 Å². The van der Waals surface area contributed by atoms with Crippen LogP contribution in [0.1, 0.15) is 31.7 Å². The Labute approximate surface area is 153 Å². The van der Waals surface area contributed by atoms with Crippen LogP contribution in [0.25, 0.3) is 5.70 Å². The normalized spacial score (nSPS) is 22.5. The fourth-order valence-electron chi connectivity index (χ4n) is 3.79. The average Bonchev–Trinajstić information content (AvgIpc) is 2.60. The number of piperidine rings is 1.